The summed E-state index contributed by atoms with van der Waals surface area (Å²) in [5.74, 6) is -0.351. The normalized spacial score (nSPS) is 18.8. The van der Waals surface area contributed by atoms with Crippen LogP contribution in [0.15, 0.2) is 42.5 Å². The summed E-state index contributed by atoms with van der Waals surface area (Å²) in [5, 5.41) is 0. The van der Waals surface area contributed by atoms with Crippen LogP contribution >= 0.6 is 0 Å². The molecule has 3 aromatic rings. The van der Waals surface area contributed by atoms with E-state index < -0.39 is 53.1 Å². The van der Waals surface area contributed by atoms with Crippen molar-refractivity contribution in [2.24, 2.45) is 0 Å². The number of rotatable bonds is 6. The third kappa shape index (κ3) is 5.89. The molecule has 43 heavy (non-hydrogen) atoms. The minimum atomic E-state index is -5.05. The zero-order valence-corrected chi connectivity index (χ0v) is 23.6. The van der Waals surface area contributed by atoms with Gasteiger partial charge in [-0.3, -0.25) is 4.90 Å². The van der Waals surface area contributed by atoms with Gasteiger partial charge >= 0.3 is 18.4 Å². The summed E-state index contributed by atoms with van der Waals surface area (Å²) in [7, 11) is 1.40. The van der Waals surface area contributed by atoms with Gasteiger partial charge in [0.05, 0.1) is 44.0 Å². The lowest BCUT2D eigenvalue weighted by atomic mass is 9.90. The van der Waals surface area contributed by atoms with Crippen LogP contribution in [0, 0.1) is 5.82 Å². The van der Waals surface area contributed by atoms with Crippen LogP contribution in [0.25, 0.3) is 11.1 Å². The summed E-state index contributed by atoms with van der Waals surface area (Å²) in [6, 6.07) is 6.89. The Bertz CT molecular complexity index is 1530. The van der Waals surface area contributed by atoms with Crippen molar-refractivity contribution in [3.8, 4) is 16.9 Å². The molecule has 0 saturated carbocycles. The summed E-state index contributed by atoms with van der Waals surface area (Å²) < 4.78 is 112. The molecule has 2 aliphatic rings. The zero-order valence-electron chi connectivity index (χ0n) is 23.6. The summed E-state index contributed by atoms with van der Waals surface area (Å²) >= 11 is 0. The molecule has 0 radical (unpaired) electrons. The molecule has 5 rings (SSSR count). The van der Waals surface area contributed by atoms with E-state index in [2.05, 4.69) is 0 Å². The van der Waals surface area contributed by atoms with Gasteiger partial charge in [0, 0.05) is 11.6 Å². The molecule has 12 heteroatoms. The Morgan fingerprint density at radius 3 is 2.07 bits per heavy atom. The van der Waals surface area contributed by atoms with E-state index in [0.717, 1.165) is 11.1 Å². The maximum Gasteiger partial charge on any atom is 0.416 e. The Morgan fingerprint density at radius 1 is 0.907 bits per heavy atom. The van der Waals surface area contributed by atoms with Gasteiger partial charge < -0.3 is 14.2 Å². The smallest absolute Gasteiger partial charge is 0.416 e. The molecule has 2 heterocycles. The number of amides is 1. The van der Waals surface area contributed by atoms with E-state index in [9.17, 15) is 35.5 Å². The molecule has 3 aromatic carbocycles. The molecule has 0 bridgehead atoms. The molecular weight excluding hydrogens is 583 g/mol. The number of fused-ring (bicyclic) bond motifs is 1. The van der Waals surface area contributed by atoms with Gasteiger partial charge in [-0.1, -0.05) is 19.9 Å². The average molecular weight is 612 g/mol. The highest BCUT2D eigenvalue weighted by molar-refractivity contribution is 5.77. The number of hydrogen-bond acceptors (Lipinski definition) is 4. The first-order valence-electron chi connectivity index (χ1n) is 13.4. The van der Waals surface area contributed by atoms with Crippen LogP contribution in [0.4, 0.5) is 35.5 Å². The molecule has 2 atom stereocenters. The number of cyclic esters (lactones) is 1. The van der Waals surface area contributed by atoms with Crippen LogP contribution in [0.1, 0.15) is 71.7 Å². The van der Waals surface area contributed by atoms with Crippen molar-refractivity contribution in [1.29, 1.82) is 0 Å². The van der Waals surface area contributed by atoms with Crippen LogP contribution in [0.2, 0.25) is 0 Å². The van der Waals surface area contributed by atoms with Gasteiger partial charge in [-0.2, -0.15) is 26.3 Å². The highest BCUT2D eigenvalue weighted by atomic mass is 19.4. The van der Waals surface area contributed by atoms with Gasteiger partial charge in [0.15, 0.2) is 0 Å². The molecule has 0 aromatic heterocycles. The molecule has 0 unspecified atom stereocenters. The van der Waals surface area contributed by atoms with Crippen LogP contribution in [-0.2, 0) is 41.6 Å². The van der Waals surface area contributed by atoms with E-state index in [0.29, 0.717) is 47.6 Å². The summed E-state index contributed by atoms with van der Waals surface area (Å²) in [4.78, 5) is 14.3. The van der Waals surface area contributed by atoms with Crippen molar-refractivity contribution in [3.05, 3.63) is 87.2 Å². The Labute approximate surface area is 243 Å². The highest BCUT2D eigenvalue weighted by Crippen LogP contribution is 2.43. The van der Waals surface area contributed by atoms with E-state index in [-0.39, 0.29) is 24.3 Å². The molecule has 2 aliphatic heterocycles. The van der Waals surface area contributed by atoms with Gasteiger partial charge in [-0.25, -0.2) is 9.18 Å². The van der Waals surface area contributed by atoms with E-state index in [1.165, 1.54) is 25.0 Å². The minimum absolute atomic E-state index is 0.0309. The Hall–Kier alpha value is -3.80. The standard InChI is InChI=1S/C31H28F7NO4/c1-15(2)23-10-25(27(41-4)11-26(23)32)24-8-20-14-42-13-19(20)5-18(24)12-39-16(3)28(43-29(39)40)17-6-21(30(33,34)35)9-22(7-17)31(36,37)38/h5-11,15-16,28H,12-14H2,1-4H3/t16-,28-/m0/s1. The Balaban J connectivity index is 1.56. The van der Waals surface area contributed by atoms with Crippen molar-refractivity contribution in [2.75, 3.05) is 7.11 Å². The van der Waals surface area contributed by atoms with Crippen molar-refractivity contribution >= 4 is 6.09 Å². The van der Waals surface area contributed by atoms with Crippen molar-refractivity contribution < 1.29 is 49.7 Å². The zero-order chi connectivity index (χ0) is 31.4. The molecule has 5 nitrogen and oxygen atoms in total. The number of carbonyl (C=O) groups is 1. The van der Waals surface area contributed by atoms with Gasteiger partial charge in [0.2, 0.25) is 0 Å². The fourth-order valence-corrected chi connectivity index (χ4v) is 5.54. The van der Waals surface area contributed by atoms with Crippen LogP contribution in [0.3, 0.4) is 0 Å². The summed E-state index contributed by atoms with van der Waals surface area (Å²) in [5.41, 5.74) is 0.532. The lowest BCUT2D eigenvalue weighted by Gasteiger charge is -2.24. The molecule has 0 spiro atoms. The predicted octanol–water partition coefficient (Wildman–Crippen LogP) is 8.77. The first kappa shape index (κ1) is 30.7. The molecule has 1 fully saturated rings. The van der Waals surface area contributed by atoms with Gasteiger partial charge in [0.1, 0.15) is 17.7 Å². The van der Waals surface area contributed by atoms with E-state index in [4.69, 9.17) is 14.2 Å². The number of nitrogens with zero attached hydrogens (tertiary/aromatic N) is 1. The van der Waals surface area contributed by atoms with E-state index in [1.807, 2.05) is 26.0 Å². The number of alkyl halides is 6. The third-order valence-corrected chi connectivity index (χ3v) is 7.84. The molecule has 0 aliphatic carbocycles. The third-order valence-electron chi connectivity index (χ3n) is 7.84. The lowest BCUT2D eigenvalue weighted by Crippen LogP contribution is -2.31. The van der Waals surface area contributed by atoms with Crippen molar-refractivity contribution in [1.82, 2.24) is 4.90 Å². The molecule has 230 valence electrons. The highest BCUT2D eigenvalue weighted by Gasteiger charge is 2.43. The van der Waals surface area contributed by atoms with E-state index in [1.54, 1.807) is 6.07 Å². The van der Waals surface area contributed by atoms with Crippen molar-refractivity contribution in [3.63, 3.8) is 0 Å². The SMILES string of the molecule is COc1cc(F)c(C(C)C)cc1-c1cc2c(cc1CN1C(=O)O[C@H](c3cc(C(F)(F)F)cc(C(F)(F)F)c3)[C@@H]1C)COC2. The van der Waals surface area contributed by atoms with Gasteiger partial charge in [0.25, 0.3) is 0 Å². The second-order valence-electron chi connectivity index (χ2n) is 11.0. The maximum atomic E-state index is 14.8. The fourth-order valence-electron chi connectivity index (χ4n) is 5.54. The minimum Gasteiger partial charge on any atom is -0.496 e. The largest absolute Gasteiger partial charge is 0.496 e. The Kier molecular flexibility index (Phi) is 7.87. The first-order chi connectivity index (χ1) is 20.1. The molecule has 0 N–H and O–H groups in total. The van der Waals surface area contributed by atoms with Crippen LogP contribution in [-0.4, -0.2) is 24.1 Å². The monoisotopic (exact) mass is 611 g/mol. The topological polar surface area (TPSA) is 48.0 Å². The fraction of sp³-hybridized carbons (Fsp3) is 0.387. The van der Waals surface area contributed by atoms with Gasteiger partial charge in [-0.15, -0.1) is 0 Å². The first-order valence-corrected chi connectivity index (χ1v) is 13.4. The van der Waals surface area contributed by atoms with Crippen molar-refractivity contribution in [2.45, 2.75) is 70.9 Å². The molecular formula is C31H28F7NO4. The number of halogens is 7. The maximum absolute atomic E-state index is 14.8. The average Bonchev–Trinajstić information content (AvgIpc) is 3.50. The van der Waals surface area contributed by atoms with Gasteiger partial charge in [-0.05, 0) is 76.6 Å². The quantitative estimate of drug-likeness (QED) is 0.262. The number of methoxy groups -OCH3 is 1. The van der Waals surface area contributed by atoms with Crippen LogP contribution in [0.5, 0.6) is 5.75 Å². The lowest BCUT2D eigenvalue weighted by molar-refractivity contribution is -0.143. The summed E-state index contributed by atoms with van der Waals surface area (Å²) in [6.07, 6.45) is -12.4. The molecule has 1 saturated heterocycles. The second kappa shape index (κ2) is 11.0. The van der Waals surface area contributed by atoms with Crippen LogP contribution < -0.4 is 4.74 Å². The second-order valence-corrected chi connectivity index (χ2v) is 11.0. The summed E-state index contributed by atoms with van der Waals surface area (Å²) in [6.45, 7) is 5.73. The number of benzene rings is 3. The molecule has 1 amide bonds. The Morgan fingerprint density at radius 2 is 1.51 bits per heavy atom. The number of carbonyl (C=O) groups excluding carboxylic acids is 1. The van der Waals surface area contributed by atoms with E-state index >= 15 is 0 Å². The number of hydrogen-bond donors (Lipinski definition) is 0. The number of ether oxygens (including phenoxy) is 3. The predicted molar refractivity (Wildman–Crippen MR) is 142 cm³/mol.